The average molecular weight is 573 g/mol. The Kier molecular flexibility index (Phi) is 6.19. The highest BCUT2D eigenvalue weighted by atomic mass is 79.9. The summed E-state index contributed by atoms with van der Waals surface area (Å²) >= 11 is 3.54. The second kappa shape index (κ2) is 9.68. The first-order chi connectivity index (χ1) is 18.5. The largest absolute Gasteiger partial charge is 0.507 e. The van der Waals surface area contributed by atoms with Crippen LogP contribution in [0.1, 0.15) is 36.3 Å². The van der Waals surface area contributed by atoms with Crippen LogP contribution in [0, 0.1) is 5.41 Å². The van der Waals surface area contributed by atoms with E-state index < -0.39 is 5.92 Å². The molecule has 0 bridgehead atoms. The summed E-state index contributed by atoms with van der Waals surface area (Å²) in [6.07, 6.45) is 1.76. The number of amidine groups is 1. The number of rotatable bonds is 4. The van der Waals surface area contributed by atoms with Crippen molar-refractivity contribution >= 4 is 39.0 Å². The Hall–Kier alpha value is -4.04. The Balaban J connectivity index is 1.63. The van der Waals surface area contributed by atoms with Gasteiger partial charge in [0.05, 0.1) is 7.11 Å². The van der Waals surface area contributed by atoms with Gasteiger partial charge in [0, 0.05) is 44.9 Å². The maximum absolute atomic E-state index is 13.6. The number of aliphatic hydroxyl groups is 1. The second-order valence-electron chi connectivity index (χ2n) is 9.34. The van der Waals surface area contributed by atoms with Crippen molar-refractivity contribution in [2.75, 3.05) is 18.8 Å². The highest BCUT2D eigenvalue weighted by molar-refractivity contribution is 9.10. The molecule has 7 nitrogen and oxygen atoms in total. The molecule has 1 atom stereocenters. The number of Topliss-reactive ketones (excluding diaryl/α,β-unsaturated/α-hetero) is 1. The standard InChI is InChI=1S/C30H25BrN2O5/c1-36-21-11-8-17(9-12-21)29(35)28-26(18-10-13-24-25(14-18)38-16-37-24)27-22(6-3-7-23(27)34)33(30(28)32)20-5-2-4-19(31)15-20/h2,4-5,8-15,26,32,35H,3,6-7,16H2,1H3/b29-28+,32-30?. The van der Waals surface area contributed by atoms with Gasteiger partial charge in [-0.25, -0.2) is 0 Å². The van der Waals surface area contributed by atoms with E-state index in [2.05, 4.69) is 15.9 Å². The molecule has 0 saturated carbocycles. The zero-order valence-electron chi connectivity index (χ0n) is 20.7. The van der Waals surface area contributed by atoms with Gasteiger partial charge >= 0.3 is 0 Å². The summed E-state index contributed by atoms with van der Waals surface area (Å²) in [5.41, 5.74) is 3.77. The predicted molar refractivity (Wildman–Crippen MR) is 148 cm³/mol. The van der Waals surface area contributed by atoms with Crippen molar-refractivity contribution in [2.45, 2.75) is 25.2 Å². The summed E-state index contributed by atoms with van der Waals surface area (Å²) in [5, 5.41) is 21.2. The van der Waals surface area contributed by atoms with Crippen LogP contribution in [0.2, 0.25) is 0 Å². The summed E-state index contributed by atoms with van der Waals surface area (Å²) < 4.78 is 17.3. The molecule has 192 valence electrons. The van der Waals surface area contributed by atoms with Gasteiger partial charge in [0.1, 0.15) is 17.3 Å². The molecular weight excluding hydrogens is 548 g/mol. The molecule has 0 aromatic heterocycles. The van der Waals surface area contributed by atoms with Gasteiger partial charge in [-0.15, -0.1) is 0 Å². The molecule has 0 radical (unpaired) electrons. The SMILES string of the molecule is COc1ccc(/C(O)=C2\C(=N)N(c3cccc(Br)c3)C3=C(C(=O)CCC3)C2c2ccc3c(c2)OCO3)cc1. The van der Waals surface area contributed by atoms with Crippen molar-refractivity contribution < 1.29 is 24.1 Å². The monoisotopic (exact) mass is 572 g/mol. The lowest BCUT2D eigenvalue weighted by Crippen LogP contribution is -2.42. The van der Waals surface area contributed by atoms with Crippen LogP contribution >= 0.6 is 15.9 Å². The molecule has 8 heteroatoms. The number of nitrogens with one attached hydrogen (secondary N) is 1. The third kappa shape index (κ3) is 4.05. The molecule has 0 spiro atoms. The first-order valence-electron chi connectivity index (χ1n) is 12.3. The number of halogens is 1. The van der Waals surface area contributed by atoms with Crippen molar-refractivity contribution in [3.63, 3.8) is 0 Å². The number of benzene rings is 3. The van der Waals surface area contributed by atoms with Crippen LogP contribution in [0.5, 0.6) is 17.2 Å². The number of carbonyl (C=O) groups excluding carboxylic acids is 1. The van der Waals surface area contributed by atoms with Gasteiger partial charge in [0.15, 0.2) is 17.3 Å². The second-order valence-corrected chi connectivity index (χ2v) is 10.3. The highest BCUT2D eigenvalue weighted by Crippen LogP contribution is 2.49. The number of allylic oxidation sites excluding steroid dienone is 2. The summed E-state index contributed by atoms with van der Waals surface area (Å²) in [4.78, 5) is 15.4. The molecule has 0 saturated heterocycles. The Bertz CT molecular complexity index is 1530. The molecule has 2 aliphatic heterocycles. The number of methoxy groups -OCH3 is 1. The molecule has 1 unspecified atom stereocenters. The summed E-state index contributed by atoms with van der Waals surface area (Å²) in [5.74, 6) is 1.28. The summed E-state index contributed by atoms with van der Waals surface area (Å²) in [7, 11) is 1.58. The minimum absolute atomic E-state index is 0.0152. The Morgan fingerprint density at radius 3 is 2.61 bits per heavy atom. The molecule has 38 heavy (non-hydrogen) atoms. The molecular formula is C30H25BrN2O5. The van der Waals surface area contributed by atoms with E-state index in [4.69, 9.17) is 14.2 Å². The molecule has 0 amide bonds. The van der Waals surface area contributed by atoms with Crippen LogP contribution in [-0.2, 0) is 4.79 Å². The van der Waals surface area contributed by atoms with Crippen LogP contribution in [0.3, 0.4) is 0 Å². The number of aliphatic hydroxyl groups excluding tert-OH is 1. The van der Waals surface area contributed by atoms with Crippen molar-refractivity contribution in [3.05, 3.63) is 99.2 Å². The van der Waals surface area contributed by atoms with E-state index in [-0.39, 0.29) is 24.2 Å². The molecule has 1 aliphatic carbocycles. The van der Waals surface area contributed by atoms with Gasteiger partial charge in [-0.1, -0.05) is 28.1 Å². The number of anilines is 1. The normalized spacial score (nSPS) is 19.9. The zero-order chi connectivity index (χ0) is 26.4. The van der Waals surface area contributed by atoms with Crippen molar-refractivity contribution in [3.8, 4) is 17.2 Å². The van der Waals surface area contributed by atoms with Gasteiger partial charge in [0.2, 0.25) is 6.79 Å². The molecule has 0 fully saturated rings. The predicted octanol–water partition coefficient (Wildman–Crippen LogP) is 6.74. The number of fused-ring (bicyclic) bond motifs is 1. The van der Waals surface area contributed by atoms with E-state index in [1.165, 1.54) is 0 Å². The van der Waals surface area contributed by atoms with Crippen LogP contribution < -0.4 is 19.1 Å². The van der Waals surface area contributed by atoms with Crippen molar-refractivity contribution in [2.24, 2.45) is 0 Å². The number of hydrogen-bond acceptors (Lipinski definition) is 6. The minimum Gasteiger partial charge on any atom is -0.507 e. The van der Waals surface area contributed by atoms with E-state index in [0.29, 0.717) is 53.2 Å². The molecule has 3 aromatic rings. The number of nitrogens with zero attached hydrogens (tertiary/aromatic N) is 1. The average Bonchev–Trinajstić information content (AvgIpc) is 3.40. The lowest BCUT2D eigenvalue weighted by atomic mass is 9.73. The van der Waals surface area contributed by atoms with E-state index in [1.807, 2.05) is 42.5 Å². The fourth-order valence-electron chi connectivity index (χ4n) is 5.42. The van der Waals surface area contributed by atoms with Gasteiger partial charge in [0.25, 0.3) is 0 Å². The fourth-order valence-corrected chi connectivity index (χ4v) is 5.81. The maximum atomic E-state index is 13.6. The third-order valence-electron chi connectivity index (χ3n) is 7.17. The smallest absolute Gasteiger partial charge is 0.231 e. The Morgan fingerprint density at radius 2 is 1.84 bits per heavy atom. The van der Waals surface area contributed by atoms with Crippen LogP contribution in [-0.4, -0.2) is 30.6 Å². The topological polar surface area (TPSA) is 92.1 Å². The van der Waals surface area contributed by atoms with Gasteiger partial charge in [-0.3, -0.25) is 15.1 Å². The van der Waals surface area contributed by atoms with Crippen LogP contribution in [0.4, 0.5) is 5.69 Å². The van der Waals surface area contributed by atoms with Gasteiger partial charge in [-0.05, 0) is 73.0 Å². The van der Waals surface area contributed by atoms with Gasteiger partial charge < -0.3 is 19.3 Å². The molecule has 2 heterocycles. The highest BCUT2D eigenvalue weighted by Gasteiger charge is 2.43. The third-order valence-corrected chi connectivity index (χ3v) is 7.66. The molecule has 3 aliphatic rings. The minimum atomic E-state index is -0.648. The van der Waals surface area contributed by atoms with Gasteiger partial charge in [-0.2, -0.15) is 0 Å². The fraction of sp³-hybridized carbons (Fsp3) is 0.200. The number of ketones is 1. The van der Waals surface area contributed by atoms with Crippen molar-refractivity contribution in [1.82, 2.24) is 0 Å². The number of carbonyl (C=O) groups is 1. The maximum Gasteiger partial charge on any atom is 0.231 e. The molecule has 2 N–H and O–H groups in total. The first-order valence-corrected chi connectivity index (χ1v) is 13.1. The van der Waals surface area contributed by atoms with E-state index in [0.717, 1.165) is 21.4 Å². The van der Waals surface area contributed by atoms with E-state index in [9.17, 15) is 15.3 Å². The molecule has 6 rings (SSSR count). The zero-order valence-corrected chi connectivity index (χ0v) is 22.2. The Labute approximate surface area is 228 Å². The summed E-state index contributed by atoms with van der Waals surface area (Å²) in [6, 6.07) is 20.2. The van der Waals surface area contributed by atoms with Crippen LogP contribution in [0.25, 0.3) is 5.76 Å². The quantitative estimate of drug-likeness (QED) is 0.336. The molecule has 3 aromatic carbocycles. The Morgan fingerprint density at radius 1 is 1.05 bits per heavy atom. The lowest BCUT2D eigenvalue weighted by molar-refractivity contribution is -0.116. The number of hydrogen-bond donors (Lipinski definition) is 2. The number of ether oxygens (including phenoxy) is 3. The first kappa shape index (κ1) is 24.3. The summed E-state index contributed by atoms with van der Waals surface area (Å²) in [6.45, 7) is 0.128. The van der Waals surface area contributed by atoms with Crippen molar-refractivity contribution in [1.29, 1.82) is 5.41 Å². The lowest BCUT2D eigenvalue weighted by Gasteiger charge is -2.41. The van der Waals surface area contributed by atoms with E-state index >= 15 is 0 Å². The van der Waals surface area contributed by atoms with Crippen LogP contribution in [0.15, 0.2) is 88.0 Å². The van der Waals surface area contributed by atoms with E-state index in [1.54, 1.807) is 36.3 Å².